The lowest BCUT2D eigenvalue weighted by atomic mass is 9.74. The Morgan fingerprint density at radius 2 is 1.79 bits per heavy atom. The van der Waals surface area contributed by atoms with E-state index in [1.54, 1.807) is 0 Å². The first-order valence-corrected chi connectivity index (χ1v) is 15.6. The van der Waals surface area contributed by atoms with Crippen molar-refractivity contribution in [1.29, 1.82) is 0 Å². The lowest BCUT2D eigenvalue weighted by molar-refractivity contribution is -0.144. The van der Waals surface area contributed by atoms with Gasteiger partial charge in [-0.3, -0.25) is 4.79 Å². The molecule has 1 fully saturated rings. The van der Waals surface area contributed by atoms with Crippen molar-refractivity contribution < 1.29 is 14.3 Å². The number of nitrogens with one attached hydrogen (secondary N) is 3. The summed E-state index contributed by atoms with van der Waals surface area (Å²) < 4.78 is 5.04. The van der Waals surface area contributed by atoms with Gasteiger partial charge in [-0.05, 0) is 72.4 Å². The number of rotatable bonds is 9. The number of hydrogen-bond donors (Lipinski definition) is 3. The second kappa shape index (κ2) is 13.0. The largest absolute Gasteiger partial charge is 0.467 e. The number of allylic oxidation sites excluding steroid dienone is 2. The summed E-state index contributed by atoms with van der Waals surface area (Å²) in [6.07, 6.45) is 14.0. The zero-order chi connectivity index (χ0) is 29.8. The fourth-order valence-corrected chi connectivity index (χ4v) is 7.09. The number of fused-ring (bicyclic) bond motifs is 2. The van der Waals surface area contributed by atoms with Crippen LogP contribution in [0.4, 0.5) is 0 Å². The van der Waals surface area contributed by atoms with Crippen LogP contribution in [-0.2, 0) is 20.7 Å². The van der Waals surface area contributed by atoms with E-state index in [0.29, 0.717) is 29.9 Å². The Kier molecular flexibility index (Phi) is 8.75. The fraction of sp³-hybridized carbons (Fsp3) is 0.351. The molecule has 6 nitrogen and oxygen atoms in total. The highest BCUT2D eigenvalue weighted by molar-refractivity contribution is 5.99. The molecule has 2 aliphatic carbocycles. The van der Waals surface area contributed by atoms with Crippen LogP contribution in [0, 0.1) is 11.8 Å². The van der Waals surface area contributed by atoms with Crippen LogP contribution in [0.2, 0.25) is 0 Å². The number of para-hydroxylation sites is 1. The number of benzene rings is 3. The lowest BCUT2D eigenvalue weighted by Crippen LogP contribution is -2.43. The number of methoxy groups -OCH3 is 1. The summed E-state index contributed by atoms with van der Waals surface area (Å²) in [6.45, 7) is 2.28. The number of carbonyl (C=O) groups is 2. The van der Waals surface area contributed by atoms with Crippen molar-refractivity contribution in [1.82, 2.24) is 15.6 Å². The molecule has 43 heavy (non-hydrogen) atoms. The highest BCUT2D eigenvalue weighted by atomic mass is 16.5. The van der Waals surface area contributed by atoms with Gasteiger partial charge in [0, 0.05) is 41.2 Å². The average Bonchev–Trinajstić information content (AvgIpc) is 3.46. The molecule has 4 aromatic rings. The van der Waals surface area contributed by atoms with Crippen molar-refractivity contribution in [2.75, 3.05) is 7.11 Å². The normalized spacial score (nSPS) is 21.7. The second-order valence-electron chi connectivity index (χ2n) is 12.1. The van der Waals surface area contributed by atoms with Crippen molar-refractivity contribution in [2.45, 2.75) is 63.6 Å². The third kappa shape index (κ3) is 6.45. The highest BCUT2D eigenvalue weighted by Crippen LogP contribution is 2.36. The molecule has 1 heterocycles. The number of esters is 1. The predicted octanol–water partition coefficient (Wildman–Crippen LogP) is 6.93. The van der Waals surface area contributed by atoms with E-state index < -0.39 is 12.0 Å². The molecule has 222 valence electrons. The van der Waals surface area contributed by atoms with Gasteiger partial charge < -0.3 is 20.4 Å². The summed E-state index contributed by atoms with van der Waals surface area (Å²) in [7, 11) is 1.36. The van der Waals surface area contributed by atoms with Crippen molar-refractivity contribution >= 4 is 33.6 Å². The molecule has 0 radical (unpaired) electrons. The van der Waals surface area contributed by atoms with Gasteiger partial charge in [-0.15, -0.1) is 0 Å². The Hall–Kier alpha value is -4.16. The minimum atomic E-state index is -0.766. The Balaban J connectivity index is 1.06. The summed E-state index contributed by atoms with van der Waals surface area (Å²) >= 11 is 0. The predicted molar refractivity (Wildman–Crippen MR) is 173 cm³/mol. The van der Waals surface area contributed by atoms with Crippen LogP contribution < -0.4 is 10.6 Å². The van der Waals surface area contributed by atoms with E-state index in [1.807, 2.05) is 42.6 Å². The van der Waals surface area contributed by atoms with Crippen LogP contribution in [0.5, 0.6) is 0 Å². The number of aromatic amines is 1. The van der Waals surface area contributed by atoms with Gasteiger partial charge in [0.25, 0.3) is 5.91 Å². The number of carbonyl (C=O) groups excluding carboxylic acids is 2. The van der Waals surface area contributed by atoms with E-state index in [9.17, 15) is 9.59 Å². The molecule has 0 spiro atoms. The maximum absolute atomic E-state index is 13.2. The zero-order valence-electron chi connectivity index (χ0n) is 25.0. The first kappa shape index (κ1) is 28.9. The van der Waals surface area contributed by atoms with Crippen LogP contribution in [0.3, 0.4) is 0 Å². The van der Waals surface area contributed by atoms with E-state index in [-0.39, 0.29) is 11.9 Å². The molecule has 1 aromatic heterocycles. The minimum Gasteiger partial charge on any atom is -0.467 e. The number of aromatic nitrogens is 1. The van der Waals surface area contributed by atoms with Crippen LogP contribution >= 0.6 is 0 Å². The maximum Gasteiger partial charge on any atom is 0.328 e. The highest BCUT2D eigenvalue weighted by Gasteiger charge is 2.30. The van der Waals surface area contributed by atoms with Crippen molar-refractivity contribution in [3.8, 4) is 0 Å². The first-order valence-electron chi connectivity index (χ1n) is 15.6. The molecule has 3 aromatic carbocycles. The van der Waals surface area contributed by atoms with Gasteiger partial charge in [-0.25, -0.2) is 4.79 Å². The van der Waals surface area contributed by atoms with Crippen LogP contribution in [0.15, 0.2) is 96.7 Å². The molecule has 6 rings (SSSR count). The lowest BCUT2D eigenvalue weighted by Gasteiger charge is -2.36. The Bertz CT molecular complexity index is 1660. The van der Waals surface area contributed by atoms with Gasteiger partial charge in [0.05, 0.1) is 7.11 Å². The Morgan fingerprint density at radius 3 is 2.60 bits per heavy atom. The first-order chi connectivity index (χ1) is 21.0. The number of ether oxygens (including phenoxy) is 1. The minimum absolute atomic E-state index is 0.239. The molecule has 1 saturated carbocycles. The van der Waals surface area contributed by atoms with E-state index in [4.69, 9.17) is 4.74 Å². The van der Waals surface area contributed by atoms with E-state index in [0.717, 1.165) is 29.3 Å². The van der Waals surface area contributed by atoms with Gasteiger partial charge in [-0.1, -0.05) is 85.3 Å². The Labute approximate surface area is 253 Å². The molecule has 5 atom stereocenters. The van der Waals surface area contributed by atoms with Gasteiger partial charge in [0.2, 0.25) is 0 Å². The molecule has 6 heteroatoms. The molecular weight excluding hydrogens is 534 g/mol. The standard InChI is InChI=1S/C37H41N3O3/c1-24(31-15-8-10-26-9-3-4-13-32(26)31)39-30-12-7-11-28(21-30)25-17-19-27(20-18-25)36(41)40-35(37(42)43-2)22-29-23-38-34-16-6-5-14-33(29)34/h3-6,8-10,13-17,19-20,23-25,28,30,35,38-39H,7,11-12,18,21-22H2,1-2H3,(H,40,41)/t24-,25?,28+,30+,35+/m1/s1. The van der Waals surface area contributed by atoms with Gasteiger partial charge in [-0.2, -0.15) is 0 Å². The van der Waals surface area contributed by atoms with Gasteiger partial charge in [0.15, 0.2) is 0 Å². The van der Waals surface area contributed by atoms with E-state index >= 15 is 0 Å². The number of H-pyrrole nitrogens is 1. The topological polar surface area (TPSA) is 83.2 Å². The molecular formula is C37H41N3O3. The van der Waals surface area contributed by atoms with Crippen LogP contribution in [-0.4, -0.2) is 36.1 Å². The molecule has 1 unspecified atom stereocenters. The summed E-state index contributed by atoms with van der Waals surface area (Å²) in [5.74, 6) is 0.303. The second-order valence-corrected chi connectivity index (χ2v) is 12.1. The molecule has 0 bridgehead atoms. The average molecular weight is 576 g/mol. The maximum atomic E-state index is 13.2. The SMILES string of the molecule is COC(=O)[C@H](Cc1c[nH]c2ccccc12)NC(=O)C1=CCC([C@H]2CCC[C@H](N[C@H](C)c3cccc4ccccc34)C2)C=C1. The van der Waals surface area contributed by atoms with E-state index in [1.165, 1.54) is 42.7 Å². The van der Waals surface area contributed by atoms with E-state index in [2.05, 4.69) is 71.1 Å². The van der Waals surface area contributed by atoms with Crippen LogP contribution in [0.25, 0.3) is 21.7 Å². The van der Waals surface area contributed by atoms with Gasteiger partial charge >= 0.3 is 5.97 Å². The molecule has 0 saturated heterocycles. The molecule has 0 aliphatic heterocycles. The molecule has 2 aliphatic rings. The van der Waals surface area contributed by atoms with Crippen molar-refractivity contribution in [2.24, 2.45) is 11.8 Å². The molecule has 1 amide bonds. The smallest absolute Gasteiger partial charge is 0.328 e. The van der Waals surface area contributed by atoms with Gasteiger partial charge in [0.1, 0.15) is 6.04 Å². The van der Waals surface area contributed by atoms with Crippen LogP contribution in [0.1, 0.15) is 56.2 Å². The third-order valence-electron chi connectivity index (χ3n) is 9.38. The fourth-order valence-electron chi connectivity index (χ4n) is 7.09. The quantitative estimate of drug-likeness (QED) is 0.189. The monoisotopic (exact) mass is 575 g/mol. The number of hydrogen-bond acceptors (Lipinski definition) is 4. The van der Waals surface area contributed by atoms with Crippen molar-refractivity contribution in [3.63, 3.8) is 0 Å². The summed E-state index contributed by atoms with van der Waals surface area (Å²) in [5, 5.41) is 10.5. The summed E-state index contributed by atoms with van der Waals surface area (Å²) in [5.41, 5.74) is 3.93. The third-order valence-corrected chi connectivity index (χ3v) is 9.38. The Morgan fingerprint density at radius 1 is 1.00 bits per heavy atom. The van der Waals surface area contributed by atoms with Crippen molar-refractivity contribution in [3.05, 3.63) is 108 Å². The molecule has 3 N–H and O–H groups in total. The zero-order valence-corrected chi connectivity index (χ0v) is 25.0. The number of amides is 1. The summed E-state index contributed by atoms with van der Waals surface area (Å²) in [4.78, 5) is 29.1. The summed E-state index contributed by atoms with van der Waals surface area (Å²) in [6, 6.07) is 23.1.